The third-order valence-corrected chi connectivity index (χ3v) is 6.45. The first kappa shape index (κ1) is 21.2. The van der Waals surface area contributed by atoms with Gasteiger partial charge in [-0.2, -0.15) is 5.10 Å². The Kier molecular flexibility index (Phi) is 5.25. The summed E-state index contributed by atoms with van der Waals surface area (Å²) >= 11 is 0. The van der Waals surface area contributed by atoms with E-state index in [4.69, 9.17) is 12.2 Å². The van der Waals surface area contributed by atoms with E-state index in [1.807, 2.05) is 39.2 Å². The van der Waals surface area contributed by atoms with Gasteiger partial charge in [-0.05, 0) is 66.3 Å². The van der Waals surface area contributed by atoms with E-state index in [0.717, 1.165) is 28.7 Å². The van der Waals surface area contributed by atoms with Crippen LogP contribution in [0.25, 0.3) is 22.0 Å². The van der Waals surface area contributed by atoms with E-state index in [1.54, 1.807) is 16.8 Å². The van der Waals surface area contributed by atoms with Gasteiger partial charge in [-0.25, -0.2) is 4.39 Å². The monoisotopic (exact) mass is 502 g/mol. The van der Waals surface area contributed by atoms with Gasteiger partial charge in [-0.3, -0.25) is 14.5 Å². The van der Waals surface area contributed by atoms with Gasteiger partial charge in [0.25, 0.3) is 5.91 Å². The van der Waals surface area contributed by atoms with Crippen LogP contribution in [0.5, 0.6) is 11.5 Å². The predicted octanol–water partition coefficient (Wildman–Crippen LogP) is 5.51. The highest BCUT2D eigenvalue weighted by Crippen LogP contribution is 2.39. The molecule has 0 spiro atoms. The summed E-state index contributed by atoms with van der Waals surface area (Å²) in [5.41, 5.74) is 2.38. The first-order chi connectivity index (χ1) is 18.6. The third-order valence-electron chi connectivity index (χ3n) is 6.45. The van der Waals surface area contributed by atoms with E-state index in [1.165, 1.54) is 18.3 Å². The van der Waals surface area contributed by atoms with Crippen molar-refractivity contribution in [2.45, 2.75) is 45.8 Å². The van der Waals surface area contributed by atoms with Crippen LogP contribution in [0.3, 0.4) is 0 Å². The highest BCUT2D eigenvalue weighted by molar-refractivity contribution is 5.99. The Morgan fingerprint density at radius 2 is 2.03 bits per heavy atom. The predicted molar refractivity (Wildman–Crippen MR) is 138 cm³/mol. The third kappa shape index (κ3) is 4.52. The summed E-state index contributed by atoms with van der Waals surface area (Å²) in [6.45, 7) is 1.81. The Labute approximate surface area is 217 Å². The fraction of sp³-hybridized carbons (Fsp3) is 0.345. The highest BCUT2D eigenvalue weighted by Gasteiger charge is 2.30. The van der Waals surface area contributed by atoms with Crippen molar-refractivity contribution in [2.24, 2.45) is 13.0 Å². The van der Waals surface area contributed by atoms with Crippen molar-refractivity contribution in [3.63, 3.8) is 0 Å². The normalized spacial score (nSPS) is 17.2. The first-order valence-electron chi connectivity index (χ1n) is 13.5. The number of aryl methyl sites for hydroxylation is 1. The second-order valence-corrected chi connectivity index (χ2v) is 10.0. The summed E-state index contributed by atoms with van der Waals surface area (Å²) in [5, 5.41) is 5.41. The van der Waals surface area contributed by atoms with Gasteiger partial charge in [0.05, 0.1) is 39.8 Å². The molecule has 37 heavy (non-hydrogen) atoms. The van der Waals surface area contributed by atoms with Crippen molar-refractivity contribution in [1.82, 2.24) is 19.7 Å². The standard InChI is InChI=1S/C29H29FN4O3/c1-17(2)16-36-27-12-18(20-8-9-26(37-19-6-7-19)28-22(20)13-33(3)32-28)11-24(30)23(27)14-34-15-25-21(29(34)35)5-4-10-31-25/h4-5,8-13,17,19H,6-7,14-16H2,1-3H3/i15D2. The number of halogens is 1. The molecule has 7 nitrogen and oxygen atoms in total. The number of rotatable bonds is 8. The number of carbonyl (C=O) groups excluding carboxylic acids is 1. The Bertz CT molecular complexity index is 1600. The molecule has 1 aliphatic carbocycles. The minimum Gasteiger partial charge on any atom is -0.493 e. The molecular formula is C29H29FN4O3. The molecule has 2 aromatic carbocycles. The number of benzene rings is 2. The second kappa shape index (κ2) is 9.18. The average Bonchev–Trinajstić information content (AvgIpc) is 3.59. The van der Waals surface area contributed by atoms with Gasteiger partial charge in [0.2, 0.25) is 0 Å². The quantitative estimate of drug-likeness (QED) is 0.318. The van der Waals surface area contributed by atoms with Crippen molar-refractivity contribution < 1.29 is 21.4 Å². The van der Waals surface area contributed by atoms with E-state index in [0.29, 0.717) is 23.4 Å². The summed E-state index contributed by atoms with van der Waals surface area (Å²) in [7, 11) is 1.83. The molecule has 1 saturated carbocycles. The maximum atomic E-state index is 15.9. The lowest BCUT2D eigenvalue weighted by Gasteiger charge is -2.21. The number of ether oxygens (including phenoxy) is 2. The topological polar surface area (TPSA) is 69.5 Å². The average molecular weight is 503 g/mol. The van der Waals surface area contributed by atoms with Crippen LogP contribution in [0.4, 0.5) is 4.39 Å². The number of hydrogen-bond donors (Lipinski definition) is 0. The van der Waals surface area contributed by atoms with E-state index in [9.17, 15) is 4.79 Å². The Hall–Kier alpha value is -3.94. The van der Waals surface area contributed by atoms with Gasteiger partial charge in [0.15, 0.2) is 0 Å². The van der Waals surface area contributed by atoms with Crippen LogP contribution in [0.15, 0.2) is 48.8 Å². The van der Waals surface area contributed by atoms with Gasteiger partial charge in [-0.15, -0.1) is 0 Å². The van der Waals surface area contributed by atoms with Gasteiger partial charge >= 0.3 is 0 Å². The Balaban J connectivity index is 1.42. The molecule has 1 amide bonds. The maximum Gasteiger partial charge on any atom is 0.256 e. The number of amides is 1. The summed E-state index contributed by atoms with van der Waals surface area (Å²) in [6.07, 6.45) is 5.59. The zero-order valence-corrected chi connectivity index (χ0v) is 21.0. The molecule has 8 heteroatoms. The van der Waals surface area contributed by atoms with Gasteiger partial charge in [0, 0.05) is 30.4 Å². The summed E-state index contributed by atoms with van der Waals surface area (Å²) in [6, 6.07) is 10.0. The van der Waals surface area contributed by atoms with Crippen LogP contribution >= 0.6 is 0 Å². The minimum absolute atomic E-state index is 0.0316. The van der Waals surface area contributed by atoms with Crippen molar-refractivity contribution in [1.29, 1.82) is 0 Å². The molecule has 2 aromatic heterocycles. The van der Waals surface area contributed by atoms with Crippen LogP contribution in [0.1, 0.15) is 51.0 Å². The number of nitrogens with zero attached hydrogens (tertiary/aromatic N) is 4. The van der Waals surface area contributed by atoms with E-state index in [-0.39, 0.29) is 41.1 Å². The minimum atomic E-state index is -2.19. The largest absolute Gasteiger partial charge is 0.493 e. The van der Waals surface area contributed by atoms with Crippen molar-refractivity contribution >= 4 is 16.8 Å². The molecule has 0 unspecified atom stereocenters. The molecule has 0 saturated heterocycles. The van der Waals surface area contributed by atoms with Gasteiger partial charge in [0.1, 0.15) is 22.8 Å². The Morgan fingerprint density at radius 3 is 2.78 bits per heavy atom. The van der Waals surface area contributed by atoms with Gasteiger partial charge < -0.3 is 14.4 Å². The zero-order valence-electron chi connectivity index (χ0n) is 23.0. The molecule has 1 fully saturated rings. The summed E-state index contributed by atoms with van der Waals surface area (Å²) in [4.78, 5) is 18.2. The molecule has 6 rings (SSSR count). The van der Waals surface area contributed by atoms with Crippen LogP contribution in [0.2, 0.25) is 0 Å². The van der Waals surface area contributed by atoms with Crippen molar-refractivity contribution in [3.8, 4) is 22.6 Å². The maximum absolute atomic E-state index is 15.9. The molecule has 0 atom stereocenters. The van der Waals surface area contributed by atoms with E-state index >= 15 is 4.39 Å². The van der Waals surface area contributed by atoms with Crippen molar-refractivity contribution in [2.75, 3.05) is 6.61 Å². The van der Waals surface area contributed by atoms with E-state index in [2.05, 4.69) is 10.1 Å². The number of hydrogen-bond acceptors (Lipinski definition) is 5. The highest BCUT2D eigenvalue weighted by atomic mass is 19.1. The molecule has 190 valence electrons. The van der Waals surface area contributed by atoms with Crippen LogP contribution in [-0.2, 0) is 20.1 Å². The lowest BCUT2D eigenvalue weighted by atomic mass is 9.99. The fourth-order valence-corrected chi connectivity index (χ4v) is 4.47. The van der Waals surface area contributed by atoms with E-state index < -0.39 is 18.2 Å². The smallest absolute Gasteiger partial charge is 0.256 e. The fourth-order valence-electron chi connectivity index (χ4n) is 4.47. The molecule has 3 heterocycles. The second-order valence-electron chi connectivity index (χ2n) is 10.0. The molecule has 0 bridgehead atoms. The number of pyridine rings is 1. The Morgan fingerprint density at radius 1 is 1.19 bits per heavy atom. The van der Waals surface area contributed by atoms with Gasteiger partial charge in [-0.1, -0.05) is 13.8 Å². The molecule has 4 aromatic rings. The molecule has 1 aliphatic heterocycles. The van der Waals surface area contributed by atoms with Crippen LogP contribution in [-0.4, -0.2) is 38.3 Å². The lowest BCUT2D eigenvalue weighted by Crippen LogP contribution is -2.24. The lowest BCUT2D eigenvalue weighted by molar-refractivity contribution is 0.0763. The van der Waals surface area contributed by atoms with Crippen LogP contribution in [0, 0.1) is 11.7 Å². The molecular weight excluding hydrogens is 471 g/mol. The van der Waals surface area contributed by atoms with Crippen molar-refractivity contribution in [3.05, 3.63) is 71.4 Å². The number of fused-ring (bicyclic) bond motifs is 2. The van der Waals surface area contributed by atoms with Crippen LogP contribution < -0.4 is 9.47 Å². The SMILES string of the molecule is [2H]C1([2H])c2ncccc2C(=O)N1Cc1c(F)cc(-c2ccc(OC3CC3)c3nn(C)cc23)cc1OCC(C)C. The first-order valence-corrected chi connectivity index (χ1v) is 12.5. The number of carbonyl (C=O) groups is 1. The summed E-state index contributed by atoms with van der Waals surface area (Å²) in [5.74, 6) is 0.00957. The molecule has 2 aliphatic rings. The zero-order chi connectivity index (χ0) is 27.5. The molecule has 0 N–H and O–H groups in total. The molecule has 0 radical (unpaired) electrons. The summed E-state index contributed by atoms with van der Waals surface area (Å²) < 4.78 is 46.9. The number of aromatic nitrogens is 3.